The van der Waals surface area contributed by atoms with Crippen molar-refractivity contribution in [2.45, 2.75) is 39.1 Å². The van der Waals surface area contributed by atoms with Crippen LogP contribution in [0.25, 0.3) is 0 Å². The van der Waals surface area contributed by atoms with E-state index in [-0.39, 0.29) is 12.8 Å². The Morgan fingerprint density at radius 1 is 1.32 bits per heavy atom. The second kappa shape index (κ2) is 8.32. The minimum absolute atomic E-state index is 0.107. The van der Waals surface area contributed by atoms with Crippen molar-refractivity contribution < 1.29 is 14.0 Å². The van der Waals surface area contributed by atoms with Crippen molar-refractivity contribution in [3.05, 3.63) is 30.3 Å². The molecule has 2 unspecified atom stereocenters. The molecule has 0 aromatic heterocycles. The monoisotopic (exact) mass is 283 g/mol. The summed E-state index contributed by atoms with van der Waals surface area (Å²) in [5.74, 6) is 0. The van der Waals surface area contributed by atoms with Gasteiger partial charge in [0.2, 0.25) is 0 Å². The molecule has 19 heavy (non-hydrogen) atoms. The van der Waals surface area contributed by atoms with Crippen LogP contribution in [0.3, 0.4) is 0 Å². The molecule has 0 saturated heterocycles. The van der Waals surface area contributed by atoms with E-state index in [4.69, 9.17) is 14.0 Å². The molecule has 0 radical (unpaired) electrons. The highest BCUT2D eigenvalue weighted by Crippen LogP contribution is 2.19. The second-order valence-corrected chi connectivity index (χ2v) is 7.96. The summed E-state index contributed by atoms with van der Waals surface area (Å²) in [5, 5.41) is 12.3. The molecule has 0 aliphatic rings. The van der Waals surface area contributed by atoms with Gasteiger partial charge in [0, 0.05) is 18.9 Å². The first-order chi connectivity index (χ1) is 9.09. The average Bonchev–Trinajstić information content (AvgIpc) is 2.37. The normalized spacial score (nSPS) is 15.8. The molecule has 108 valence electrons. The van der Waals surface area contributed by atoms with E-state index in [9.17, 15) is 0 Å². The second-order valence-electron chi connectivity index (χ2n) is 4.66. The van der Waals surface area contributed by atoms with E-state index in [1.165, 1.54) is 0 Å². The molecule has 5 heteroatoms. The van der Waals surface area contributed by atoms with Gasteiger partial charge in [-0.25, -0.2) is 0 Å². The first-order valence-electron chi connectivity index (χ1n) is 6.84. The summed E-state index contributed by atoms with van der Waals surface area (Å²) in [6, 6.07) is 10.8. The Morgan fingerprint density at radius 2 is 2.00 bits per heavy atom. The molecule has 2 N–H and O–H groups in total. The lowest BCUT2D eigenvalue weighted by atomic mass is 10.3. The van der Waals surface area contributed by atoms with Crippen LogP contribution in [0, 0.1) is 0 Å². The van der Waals surface area contributed by atoms with Crippen LogP contribution in [0.1, 0.15) is 20.3 Å². The molecule has 0 spiro atoms. The third-order valence-corrected chi connectivity index (χ3v) is 5.82. The minimum atomic E-state index is -2.21. The summed E-state index contributed by atoms with van der Waals surface area (Å²) in [7, 11) is -2.21. The Balaban J connectivity index is 2.53. The fraction of sp³-hybridized carbons (Fsp3) is 0.571. The van der Waals surface area contributed by atoms with Crippen LogP contribution in [0.4, 0.5) is 5.69 Å². The number of para-hydroxylation sites is 1. The van der Waals surface area contributed by atoms with Crippen LogP contribution in [-0.4, -0.2) is 33.1 Å². The van der Waals surface area contributed by atoms with Gasteiger partial charge >= 0.3 is 8.56 Å². The number of benzene rings is 1. The van der Waals surface area contributed by atoms with E-state index in [0.717, 1.165) is 18.2 Å². The molecule has 4 nitrogen and oxygen atoms in total. The molecular weight excluding hydrogens is 258 g/mol. The third-order valence-electron chi connectivity index (χ3n) is 2.81. The summed E-state index contributed by atoms with van der Waals surface area (Å²) < 4.78 is 11.9. The van der Waals surface area contributed by atoms with Crippen molar-refractivity contribution in [3.8, 4) is 0 Å². The van der Waals surface area contributed by atoms with Crippen molar-refractivity contribution in [1.29, 1.82) is 0 Å². The summed E-state index contributed by atoms with van der Waals surface area (Å²) in [5.41, 5.74) is 1.03. The van der Waals surface area contributed by atoms with Gasteiger partial charge in [-0.3, -0.25) is 0 Å². The smallest absolute Gasteiger partial charge is 0.336 e. The van der Waals surface area contributed by atoms with E-state index >= 15 is 0 Å². The zero-order valence-corrected chi connectivity index (χ0v) is 13.1. The topological polar surface area (TPSA) is 50.7 Å². The summed E-state index contributed by atoms with van der Waals surface area (Å²) in [4.78, 5) is 0. The molecule has 0 bridgehead atoms. The van der Waals surface area contributed by atoms with Gasteiger partial charge < -0.3 is 19.3 Å². The number of anilines is 1. The lowest BCUT2D eigenvalue weighted by Crippen LogP contribution is -2.43. The maximum Gasteiger partial charge on any atom is 0.336 e. The van der Waals surface area contributed by atoms with Crippen LogP contribution >= 0.6 is 0 Å². The molecule has 0 aliphatic carbocycles. The van der Waals surface area contributed by atoms with Crippen molar-refractivity contribution in [2.24, 2.45) is 0 Å². The molecular formula is C14H25NO3Si. The molecule has 1 aromatic rings. The Bertz CT molecular complexity index is 350. The van der Waals surface area contributed by atoms with Gasteiger partial charge in [0.25, 0.3) is 0 Å². The van der Waals surface area contributed by atoms with Crippen molar-refractivity contribution in [1.82, 2.24) is 0 Å². The first kappa shape index (κ1) is 16.2. The summed E-state index contributed by atoms with van der Waals surface area (Å²) >= 11 is 0. The Kier molecular flexibility index (Phi) is 7.08. The first-order valence-corrected chi connectivity index (χ1v) is 9.36. The number of nitrogens with one attached hydrogen (secondary N) is 1. The Hall–Kier alpha value is -0.883. The van der Waals surface area contributed by atoms with E-state index in [2.05, 4.69) is 11.9 Å². The number of hydrogen-bond donors (Lipinski definition) is 2. The van der Waals surface area contributed by atoms with Crippen molar-refractivity contribution >= 4 is 14.2 Å². The maximum atomic E-state index is 8.96. The lowest BCUT2D eigenvalue weighted by molar-refractivity contribution is 0.143. The van der Waals surface area contributed by atoms with Crippen LogP contribution in [-0.2, 0) is 8.85 Å². The predicted octanol–water partition coefficient (Wildman–Crippen LogP) is 2.95. The fourth-order valence-electron chi connectivity index (χ4n) is 2.04. The highest BCUT2D eigenvalue weighted by Gasteiger charge is 2.32. The zero-order chi connectivity index (χ0) is 14.1. The van der Waals surface area contributed by atoms with Gasteiger partial charge in [-0.2, -0.15) is 0 Å². The highest BCUT2D eigenvalue weighted by molar-refractivity contribution is 6.66. The SMILES string of the molecule is CCO[Si](C)(CCCO)OC(C)Nc1ccccc1. The quantitative estimate of drug-likeness (QED) is 0.540. The Morgan fingerprint density at radius 3 is 2.58 bits per heavy atom. The Labute approximate surface area is 117 Å². The number of hydrogen-bond acceptors (Lipinski definition) is 4. The zero-order valence-electron chi connectivity index (χ0n) is 12.1. The molecule has 0 heterocycles. The molecule has 0 amide bonds. The van der Waals surface area contributed by atoms with E-state index in [0.29, 0.717) is 6.61 Å². The van der Waals surface area contributed by atoms with Crippen LogP contribution in [0.15, 0.2) is 30.3 Å². The average molecular weight is 283 g/mol. The van der Waals surface area contributed by atoms with Gasteiger partial charge in [0.05, 0.1) is 0 Å². The largest absolute Gasteiger partial charge is 0.396 e. The van der Waals surface area contributed by atoms with Crippen LogP contribution < -0.4 is 5.32 Å². The standard InChI is InChI=1S/C14H25NO3Si/c1-4-17-19(3,12-8-11-16)18-13(2)15-14-9-6-5-7-10-14/h5-7,9-10,13,15-16H,4,8,11-12H2,1-3H3. The molecule has 0 fully saturated rings. The summed E-state index contributed by atoms with van der Waals surface area (Å²) in [6.07, 6.45) is 0.616. The lowest BCUT2D eigenvalue weighted by Gasteiger charge is -2.30. The predicted molar refractivity (Wildman–Crippen MR) is 80.4 cm³/mol. The minimum Gasteiger partial charge on any atom is -0.396 e. The van der Waals surface area contributed by atoms with Gasteiger partial charge in [0.1, 0.15) is 6.23 Å². The van der Waals surface area contributed by atoms with E-state index < -0.39 is 8.56 Å². The maximum absolute atomic E-state index is 8.96. The molecule has 2 atom stereocenters. The summed E-state index contributed by atoms with van der Waals surface area (Å²) in [6.45, 7) is 6.83. The molecule has 1 rings (SSSR count). The molecule has 0 saturated carbocycles. The molecule has 1 aromatic carbocycles. The van der Waals surface area contributed by atoms with Gasteiger partial charge in [-0.1, -0.05) is 18.2 Å². The van der Waals surface area contributed by atoms with Gasteiger partial charge in [-0.15, -0.1) is 0 Å². The molecule has 0 aliphatic heterocycles. The third kappa shape index (κ3) is 6.20. The van der Waals surface area contributed by atoms with Crippen LogP contribution in [0.2, 0.25) is 12.6 Å². The van der Waals surface area contributed by atoms with E-state index in [1.807, 2.05) is 44.2 Å². The van der Waals surface area contributed by atoms with Crippen molar-refractivity contribution in [2.75, 3.05) is 18.5 Å². The van der Waals surface area contributed by atoms with Crippen molar-refractivity contribution in [3.63, 3.8) is 0 Å². The van der Waals surface area contributed by atoms with Crippen LogP contribution in [0.5, 0.6) is 0 Å². The number of rotatable bonds is 9. The van der Waals surface area contributed by atoms with Gasteiger partial charge in [-0.05, 0) is 45.0 Å². The number of aliphatic hydroxyl groups excluding tert-OH is 1. The van der Waals surface area contributed by atoms with Gasteiger partial charge in [0.15, 0.2) is 0 Å². The van der Waals surface area contributed by atoms with E-state index in [1.54, 1.807) is 0 Å². The fourth-order valence-corrected chi connectivity index (χ4v) is 4.59. The highest BCUT2D eigenvalue weighted by atomic mass is 28.4. The number of aliphatic hydroxyl groups is 1.